The summed E-state index contributed by atoms with van der Waals surface area (Å²) in [5.41, 5.74) is 0.808. The van der Waals surface area contributed by atoms with E-state index in [-0.39, 0.29) is 5.60 Å². The fourth-order valence-corrected chi connectivity index (χ4v) is 3.94. The number of hydrogen-bond donors (Lipinski definition) is 1. The van der Waals surface area contributed by atoms with Crippen molar-refractivity contribution in [3.8, 4) is 0 Å². The molecular formula is C23H39N3O2. The first-order valence-electron chi connectivity index (χ1n) is 10.9. The van der Waals surface area contributed by atoms with Crippen molar-refractivity contribution in [2.45, 2.75) is 71.8 Å². The average molecular weight is 390 g/mol. The molecule has 2 saturated heterocycles. The monoisotopic (exact) mass is 389 g/mol. The van der Waals surface area contributed by atoms with Crippen LogP contribution in [0.5, 0.6) is 0 Å². The molecule has 0 radical (unpaired) electrons. The molecular weight excluding hydrogens is 350 g/mol. The molecule has 1 aromatic rings. The smallest absolute Gasteiger partial charge is 0.293 e. The molecule has 0 saturated carbocycles. The van der Waals surface area contributed by atoms with Crippen LogP contribution in [-0.2, 0) is 9.53 Å². The van der Waals surface area contributed by atoms with Crippen LogP contribution < -0.4 is 10.2 Å². The van der Waals surface area contributed by atoms with E-state index < -0.39 is 0 Å². The number of nitrogens with zero attached hydrogens (tertiary/aromatic N) is 2. The highest BCUT2D eigenvalue weighted by molar-refractivity contribution is 5.39. The molecule has 0 spiro atoms. The Balaban J connectivity index is 0.000000345. The number of aromatic nitrogens is 1. The molecule has 5 heteroatoms. The molecule has 0 unspecified atom stereocenters. The van der Waals surface area contributed by atoms with Crippen LogP contribution in [0.25, 0.3) is 0 Å². The van der Waals surface area contributed by atoms with Crippen LogP contribution >= 0.6 is 0 Å². The number of aryl methyl sites for hydroxylation is 1. The Bertz CT molecular complexity index is 571. The predicted molar refractivity (Wildman–Crippen MR) is 116 cm³/mol. The van der Waals surface area contributed by atoms with Gasteiger partial charge in [-0.1, -0.05) is 18.9 Å². The number of pyridine rings is 1. The Morgan fingerprint density at radius 3 is 2.21 bits per heavy atom. The van der Waals surface area contributed by atoms with Crippen LogP contribution in [-0.4, -0.2) is 43.2 Å². The van der Waals surface area contributed by atoms with Gasteiger partial charge in [0.1, 0.15) is 11.4 Å². The van der Waals surface area contributed by atoms with Crippen LogP contribution in [0.1, 0.15) is 65.0 Å². The van der Waals surface area contributed by atoms with E-state index in [1.165, 1.54) is 70.5 Å². The predicted octanol–water partition coefficient (Wildman–Crippen LogP) is 4.34. The number of piperidine rings is 2. The minimum absolute atomic E-state index is 0.318. The lowest BCUT2D eigenvalue weighted by molar-refractivity contribution is -0.138. The second-order valence-corrected chi connectivity index (χ2v) is 9.16. The Morgan fingerprint density at radius 2 is 1.71 bits per heavy atom. The van der Waals surface area contributed by atoms with Crippen molar-refractivity contribution in [3.05, 3.63) is 23.9 Å². The molecule has 0 atom stereocenters. The second kappa shape index (κ2) is 11.4. The molecule has 28 heavy (non-hydrogen) atoms. The number of anilines is 1. The zero-order chi connectivity index (χ0) is 20.4. The second-order valence-electron chi connectivity index (χ2n) is 9.16. The van der Waals surface area contributed by atoms with E-state index in [4.69, 9.17) is 0 Å². The molecule has 3 rings (SSSR count). The van der Waals surface area contributed by atoms with Gasteiger partial charge in [0.25, 0.3) is 6.47 Å². The Kier molecular flexibility index (Phi) is 9.23. The van der Waals surface area contributed by atoms with Gasteiger partial charge < -0.3 is 15.0 Å². The molecule has 1 aromatic heterocycles. The fraction of sp³-hybridized carbons (Fsp3) is 0.739. The summed E-state index contributed by atoms with van der Waals surface area (Å²) in [7, 11) is 0. The highest BCUT2D eigenvalue weighted by atomic mass is 16.5. The highest BCUT2D eigenvalue weighted by Crippen LogP contribution is 2.28. The molecule has 2 aliphatic rings. The first-order valence-corrected chi connectivity index (χ1v) is 10.9. The van der Waals surface area contributed by atoms with Crippen molar-refractivity contribution in [3.63, 3.8) is 0 Å². The Morgan fingerprint density at radius 1 is 1.11 bits per heavy atom. The van der Waals surface area contributed by atoms with Crippen LogP contribution in [0.2, 0.25) is 0 Å². The maximum atomic E-state index is 9.60. The summed E-state index contributed by atoms with van der Waals surface area (Å²) in [6.07, 6.45) is 8.38. The molecule has 0 bridgehead atoms. The third-order valence-electron chi connectivity index (χ3n) is 5.66. The van der Waals surface area contributed by atoms with E-state index in [1.807, 2.05) is 20.8 Å². The third kappa shape index (κ3) is 8.59. The zero-order valence-corrected chi connectivity index (χ0v) is 18.2. The summed E-state index contributed by atoms with van der Waals surface area (Å²) >= 11 is 0. The van der Waals surface area contributed by atoms with Crippen molar-refractivity contribution >= 4 is 12.3 Å². The van der Waals surface area contributed by atoms with Gasteiger partial charge in [-0.2, -0.15) is 0 Å². The van der Waals surface area contributed by atoms with Gasteiger partial charge >= 0.3 is 0 Å². The first-order chi connectivity index (χ1) is 13.4. The topological polar surface area (TPSA) is 54.5 Å². The SMILES string of the molecule is CC(C)(C)OC=O.Cc1cccc(N2CCC(CCC3CCNCC3)CC2)n1. The summed E-state index contributed by atoms with van der Waals surface area (Å²) < 4.78 is 4.55. The standard InChI is InChI=1S/C18H29N3.C5H10O2/c1-15-3-2-4-18(20-15)21-13-9-17(10-14-21)6-5-16-7-11-19-12-8-16;1-5(2,3)7-4-6/h2-4,16-17,19H,5-14H2,1H3;4H,1-3H3. The summed E-state index contributed by atoms with van der Waals surface area (Å²) in [6, 6.07) is 6.36. The van der Waals surface area contributed by atoms with Gasteiger partial charge in [-0.3, -0.25) is 4.79 Å². The molecule has 2 aliphatic heterocycles. The molecule has 0 aliphatic carbocycles. The van der Waals surface area contributed by atoms with Crippen molar-refractivity contribution in [2.24, 2.45) is 11.8 Å². The van der Waals surface area contributed by atoms with Crippen LogP contribution in [0.4, 0.5) is 5.82 Å². The molecule has 0 amide bonds. The van der Waals surface area contributed by atoms with E-state index in [2.05, 4.69) is 45.1 Å². The molecule has 158 valence electrons. The minimum atomic E-state index is -0.318. The van der Waals surface area contributed by atoms with E-state index in [0.717, 1.165) is 17.5 Å². The van der Waals surface area contributed by atoms with Gasteiger partial charge in [0.15, 0.2) is 0 Å². The number of rotatable bonds is 5. The van der Waals surface area contributed by atoms with Gasteiger partial charge in [0.05, 0.1) is 0 Å². The average Bonchev–Trinajstić information content (AvgIpc) is 2.67. The number of carbonyl (C=O) groups is 1. The molecule has 5 nitrogen and oxygen atoms in total. The maximum Gasteiger partial charge on any atom is 0.293 e. The van der Waals surface area contributed by atoms with Gasteiger partial charge in [-0.05, 0) is 90.4 Å². The van der Waals surface area contributed by atoms with Crippen molar-refractivity contribution in [2.75, 3.05) is 31.1 Å². The lowest BCUT2D eigenvalue weighted by atomic mass is 9.85. The van der Waals surface area contributed by atoms with E-state index in [0.29, 0.717) is 6.47 Å². The number of nitrogens with one attached hydrogen (secondary N) is 1. The summed E-state index contributed by atoms with van der Waals surface area (Å²) in [6.45, 7) is 12.9. The van der Waals surface area contributed by atoms with Gasteiger partial charge in [-0.25, -0.2) is 4.98 Å². The maximum absolute atomic E-state index is 9.60. The number of ether oxygens (including phenoxy) is 1. The lowest BCUT2D eigenvalue weighted by Gasteiger charge is -2.34. The van der Waals surface area contributed by atoms with Crippen molar-refractivity contribution < 1.29 is 9.53 Å². The highest BCUT2D eigenvalue weighted by Gasteiger charge is 2.22. The van der Waals surface area contributed by atoms with E-state index in [1.54, 1.807) is 0 Å². The summed E-state index contributed by atoms with van der Waals surface area (Å²) in [5.74, 6) is 3.11. The third-order valence-corrected chi connectivity index (χ3v) is 5.66. The first kappa shape index (κ1) is 22.7. The minimum Gasteiger partial charge on any atom is -0.462 e. The summed E-state index contributed by atoms with van der Waals surface area (Å²) in [5, 5.41) is 3.47. The van der Waals surface area contributed by atoms with E-state index >= 15 is 0 Å². The van der Waals surface area contributed by atoms with Crippen LogP contribution in [0, 0.1) is 18.8 Å². The normalized spacial score (nSPS) is 18.9. The molecule has 2 fully saturated rings. The van der Waals surface area contributed by atoms with Gasteiger partial charge in [0.2, 0.25) is 0 Å². The molecule has 3 heterocycles. The fourth-order valence-electron chi connectivity index (χ4n) is 3.94. The quantitative estimate of drug-likeness (QED) is 0.759. The number of carbonyl (C=O) groups excluding carboxylic acids is 1. The Labute approximate surface area is 171 Å². The van der Waals surface area contributed by atoms with Gasteiger partial charge in [-0.15, -0.1) is 0 Å². The van der Waals surface area contributed by atoms with Crippen LogP contribution in [0.15, 0.2) is 18.2 Å². The zero-order valence-electron chi connectivity index (χ0n) is 18.2. The lowest BCUT2D eigenvalue weighted by Crippen LogP contribution is -2.34. The van der Waals surface area contributed by atoms with Crippen molar-refractivity contribution in [1.29, 1.82) is 0 Å². The number of hydrogen-bond acceptors (Lipinski definition) is 5. The van der Waals surface area contributed by atoms with E-state index in [9.17, 15) is 4.79 Å². The summed E-state index contributed by atoms with van der Waals surface area (Å²) in [4.78, 5) is 16.7. The largest absolute Gasteiger partial charge is 0.462 e. The van der Waals surface area contributed by atoms with Crippen molar-refractivity contribution in [1.82, 2.24) is 10.3 Å². The van der Waals surface area contributed by atoms with Crippen LogP contribution in [0.3, 0.4) is 0 Å². The molecule has 1 N–H and O–H groups in total. The molecule has 0 aromatic carbocycles. The Hall–Kier alpha value is -1.62. The van der Waals surface area contributed by atoms with Gasteiger partial charge in [0, 0.05) is 18.8 Å².